The Labute approximate surface area is 191 Å². The zero-order valence-corrected chi connectivity index (χ0v) is 19.1. The first-order chi connectivity index (χ1) is 15.7. The van der Waals surface area contributed by atoms with Gasteiger partial charge < -0.3 is 15.4 Å². The summed E-state index contributed by atoms with van der Waals surface area (Å²) in [4.78, 5) is 15.1. The molecule has 1 aliphatic carbocycles. The number of hydrogen-bond acceptors (Lipinski definition) is 3. The summed E-state index contributed by atoms with van der Waals surface area (Å²) in [7, 11) is 1.66. The van der Waals surface area contributed by atoms with Crippen LogP contribution < -0.4 is 15.4 Å². The summed E-state index contributed by atoms with van der Waals surface area (Å²) in [5.74, 6) is 1.60. The molecule has 2 aromatic rings. The van der Waals surface area contributed by atoms with E-state index in [4.69, 9.17) is 4.74 Å². The van der Waals surface area contributed by atoms with E-state index in [0.717, 1.165) is 30.1 Å². The van der Waals surface area contributed by atoms with Gasteiger partial charge in [-0.25, -0.2) is 4.79 Å². The first-order valence-electron chi connectivity index (χ1n) is 12.2. The zero-order valence-electron chi connectivity index (χ0n) is 19.1. The summed E-state index contributed by atoms with van der Waals surface area (Å²) in [6.45, 7) is 1.73. The van der Waals surface area contributed by atoms with Crippen LogP contribution in [0.15, 0.2) is 48.5 Å². The number of amides is 2. The standard InChI is InChI=1S/C27H35N3O2/c1-32-22-6-4-5-20(17-22)18-28-27(31)29-21-11-9-19(10-12-21)15-16-30-25-13-14-26(30)24-8-3-2-7-23(24)25/h2-8,17,19,21,25-26H,9-16,18H2,1H3,(H2,28,29,31)/t19-,21-,25?,26?. The third kappa shape index (κ3) is 4.49. The maximum Gasteiger partial charge on any atom is 0.315 e. The highest BCUT2D eigenvalue weighted by Gasteiger charge is 2.43. The normalized spacial score (nSPS) is 26.5. The van der Waals surface area contributed by atoms with Crippen molar-refractivity contribution in [2.75, 3.05) is 13.7 Å². The molecular weight excluding hydrogens is 398 g/mol. The highest BCUT2D eigenvalue weighted by molar-refractivity contribution is 5.74. The van der Waals surface area contributed by atoms with E-state index in [-0.39, 0.29) is 6.03 Å². The molecule has 0 radical (unpaired) electrons. The van der Waals surface area contributed by atoms with Crippen molar-refractivity contribution in [3.05, 3.63) is 65.2 Å². The smallest absolute Gasteiger partial charge is 0.315 e. The molecule has 0 aromatic heterocycles. The van der Waals surface area contributed by atoms with Crippen LogP contribution >= 0.6 is 0 Å². The number of nitrogens with one attached hydrogen (secondary N) is 2. The summed E-state index contributed by atoms with van der Waals surface area (Å²) in [5.41, 5.74) is 4.20. The van der Waals surface area contributed by atoms with Gasteiger partial charge in [-0.2, -0.15) is 0 Å². The van der Waals surface area contributed by atoms with Crippen molar-refractivity contribution in [1.29, 1.82) is 0 Å². The first-order valence-corrected chi connectivity index (χ1v) is 12.2. The fourth-order valence-corrected chi connectivity index (χ4v) is 6.09. The van der Waals surface area contributed by atoms with Crippen molar-refractivity contribution < 1.29 is 9.53 Å². The lowest BCUT2D eigenvalue weighted by atomic mass is 9.84. The van der Waals surface area contributed by atoms with E-state index in [0.29, 0.717) is 24.7 Å². The van der Waals surface area contributed by atoms with Crippen molar-refractivity contribution in [2.24, 2.45) is 5.92 Å². The van der Waals surface area contributed by atoms with Gasteiger partial charge in [0, 0.05) is 24.7 Å². The van der Waals surface area contributed by atoms with Crippen LogP contribution in [0.25, 0.3) is 0 Å². The van der Waals surface area contributed by atoms with Gasteiger partial charge in [0.25, 0.3) is 0 Å². The van der Waals surface area contributed by atoms with Gasteiger partial charge >= 0.3 is 6.03 Å². The fourth-order valence-electron chi connectivity index (χ4n) is 6.09. The molecule has 3 aliphatic rings. The second-order valence-electron chi connectivity index (χ2n) is 9.66. The number of methoxy groups -OCH3 is 1. The zero-order chi connectivity index (χ0) is 21.9. The van der Waals surface area contributed by atoms with Crippen LogP contribution in [0, 0.1) is 5.92 Å². The van der Waals surface area contributed by atoms with E-state index in [1.165, 1.54) is 38.6 Å². The Bertz CT molecular complexity index is 907. The highest BCUT2D eigenvalue weighted by atomic mass is 16.5. The van der Waals surface area contributed by atoms with Crippen molar-refractivity contribution in [2.45, 2.75) is 69.6 Å². The molecule has 2 heterocycles. The molecule has 32 heavy (non-hydrogen) atoms. The van der Waals surface area contributed by atoms with Gasteiger partial charge in [0.1, 0.15) is 5.75 Å². The molecule has 2 bridgehead atoms. The molecule has 2 N–H and O–H groups in total. The second-order valence-corrected chi connectivity index (χ2v) is 9.66. The number of ether oxygens (including phenoxy) is 1. The van der Waals surface area contributed by atoms with Crippen molar-refractivity contribution in [1.82, 2.24) is 15.5 Å². The summed E-state index contributed by atoms with van der Waals surface area (Å²) >= 11 is 0. The molecule has 2 aliphatic heterocycles. The van der Waals surface area contributed by atoms with Crippen LogP contribution in [-0.4, -0.2) is 30.6 Å². The van der Waals surface area contributed by atoms with Gasteiger partial charge in [-0.15, -0.1) is 0 Å². The van der Waals surface area contributed by atoms with Crippen molar-refractivity contribution in [3.8, 4) is 5.75 Å². The number of hydrogen-bond donors (Lipinski definition) is 2. The average molecular weight is 434 g/mol. The predicted molar refractivity (Wildman–Crippen MR) is 127 cm³/mol. The van der Waals surface area contributed by atoms with Crippen LogP contribution in [0.5, 0.6) is 5.75 Å². The fraction of sp³-hybridized carbons (Fsp3) is 0.519. The molecule has 170 valence electrons. The SMILES string of the molecule is COc1cccc(CNC(=O)N[C@H]2CC[C@H](CCN3C4CCC3c3ccccc34)CC2)c1. The second kappa shape index (κ2) is 9.53. The lowest BCUT2D eigenvalue weighted by Crippen LogP contribution is -2.43. The molecule has 5 rings (SSSR count). The maximum atomic E-state index is 12.3. The molecule has 0 spiro atoms. The number of urea groups is 1. The Morgan fingerprint density at radius 3 is 2.38 bits per heavy atom. The van der Waals surface area contributed by atoms with E-state index in [1.807, 2.05) is 24.3 Å². The molecule has 2 unspecified atom stereocenters. The number of carbonyl (C=O) groups is 1. The largest absolute Gasteiger partial charge is 0.497 e. The molecule has 2 amide bonds. The Balaban J connectivity index is 1.03. The lowest BCUT2D eigenvalue weighted by molar-refractivity contribution is 0.185. The molecule has 5 nitrogen and oxygen atoms in total. The molecule has 2 fully saturated rings. The van der Waals surface area contributed by atoms with Gasteiger partial charge in [0.15, 0.2) is 0 Å². The van der Waals surface area contributed by atoms with E-state index < -0.39 is 0 Å². The number of nitrogens with zero attached hydrogens (tertiary/aromatic N) is 1. The minimum absolute atomic E-state index is 0.0670. The van der Waals surface area contributed by atoms with Gasteiger partial charge in [0.05, 0.1) is 7.11 Å². The lowest BCUT2D eigenvalue weighted by Gasteiger charge is -2.31. The highest BCUT2D eigenvalue weighted by Crippen LogP contribution is 2.53. The third-order valence-corrected chi connectivity index (χ3v) is 7.79. The van der Waals surface area contributed by atoms with Crippen LogP contribution in [0.1, 0.15) is 73.7 Å². The van der Waals surface area contributed by atoms with E-state index >= 15 is 0 Å². The predicted octanol–water partition coefficient (Wildman–Crippen LogP) is 5.34. The Morgan fingerprint density at radius 2 is 1.69 bits per heavy atom. The minimum Gasteiger partial charge on any atom is -0.497 e. The third-order valence-electron chi connectivity index (χ3n) is 7.79. The molecule has 2 aromatic carbocycles. The summed E-state index contributed by atoms with van der Waals surface area (Å²) in [6, 6.07) is 18.4. The van der Waals surface area contributed by atoms with Gasteiger partial charge in [-0.05, 0) is 86.2 Å². The quantitative estimate of drug-likeness (QED) is 0.620. The molecular formula is C27H35N3O2. The van der Waals surface area contributed by atoms with E-state index in [9.17, 15) is 4.79 Å². The topological polar surface area (TPSA) is 53.6 Å². The van der Waals surface area contributed by atoms with Crippen molar-refractivity contribution >= 4 is 6.03 Å². The van der Waals surface area contributed by atoms with E-state index in [2.05, 4.69) is 39.8 Å². The van der Waals surface area contributed by atoms with Gasteiger partial charge in [0.2, 0.25) is 0 Å². The molecule has 1 saturated heterocycles. The minimum atomic E-state index is -0.0670. The van der Waals surface area contributed by atoms with Crippen LogP contribution in [0.2, 0.25) is 0 Å². The number of fused-ring (bicyclic) bond motifs is 5. The first kappa shape index (κ1) is 21.3. The van der Waals surface area contributed by atoms with Crippen molar-refractivity contribution in [3.63, 3.8) is 0 Å². The van der Waals surface area contributed by atoms with Crippen LogP contribution in [0.4, 0.5) is 4.79 Å². The molecule has 5 heteroatoms. The molecule has 1 saturated carbocycles. The Hall–Kier alpha value is -2.53. The number of carbonyl (C=O) groups excluding carboxylic acids is 1. The summed E-state index contributed by atoms with van der Waals surface area (Å²) in [5, 5.41) is 6.16. The number of benzene rings is 2. The van der Waals surface area contributed by atoms with Gasteiger partial charge in [-0.1, -0.05) is 36.4 Å². The molecule has 2 atom stereocenters. The van der Waals surface area contributed by atoms with Gasteiger partial charge in [-0.3, -0.25) is 4.90 Å². The number of rotatable bonds is 7. The maximum absolute atomic E-state index is 12.3. The van der Waals surface area contributed by atoms with E-state index in [1.54, 1.807) is 18.2 Å². The summed E-state index contributed by atoms with van der Waals surface area (Å²) in [6.07, 6.45) is 8.55. The van der Waals surface area contributed by atoms with Crippen LogP contribution in [0.3, 0.4) is 0 Å². The van der Waals surface area contributed by atoms with Crippen LogP contribution in [-0.2, 0) is 6.54 Å². The Morgan fingerprint density at radius 1 is 0.969 bits per heavy atom. The Kier molecular flexibility index (Phi) is 6.35. The monoisotopic (exact) mass is 433 g/mol. The summed E-state index contributed by atoms with van der Waals surface area (Å²) < 4.78 is 5.25. The average Bonchev–Trinajstić information content (AvgIpc) is 3.39.